The Bertz CT molecular complexity index is 1410. The molecule has 2 N–H and O–H groups in total. The maximum Gasteiger partial charge on any atom is 0.321 e. The summed E-state index contributed by atoms with van der Waals surface area (Å²) in [6.45, 7) is 0. The molecule has 0 aliphatic rings. The van der Waals surface area contributed by atoms with Gasteiger partial charge in [0.05, 0.1) is 24.8 Å². The molecule has 4 rings (SSSR count). The number of benzene rings is 2. The minimum Gasteiger partial charge on any atom is -0.481 e. The molecule has 4 aromatic rings. The van der Waals surface area contributed by atoms with Crippen LogP contribution in [0.3, 0.4) is 0 Å². The van der Waals surface area contributed by atoms with Crippen LogP contribution in [-0.2, 0) is 10.0 Å². The van der Waals surface area contributed by atoms with Crippen LogP contribution in [0.2, 0.25) is 0 Å². The lowest BCUT2D eigenvalue weighted by atomic mass is 10.1. The summed E-state index contributed by atoms with van der Waals surface area (Å²) in [7, 11) is -1.23. The lowest BCUT2D eigenvalue weighted by Crippen LogP contribution is -2.14. The highest BCUT2D eigenvalue weighted by atomic mass is 35.5. The Hall–Kier alpha value is -3.55. The van der Waals surface area contributed by atoms with Crippen molar-refractivity contribution in [1.82, 2.24) is 15.0 Å². The summed E-state index contributed by atoms with van der Waals surface area (Å²) in [5.41, 5.74) is 1.09. The zero-order chi connectivity index (χ0) is 24.3. The highest BCUT2D eigenvalue weighted by Crippen LogP contribution is 2.29. The van der Waals surface area contributed by atoms with Crippen molar-refractivity contribution in [2.24, 2.45) is 0 Å². The van der Waals surface area contributed by atoms with E-state index in [0.29, 0.717) is 16.5 Å². The summed E-state index contributed by atoms with van der Waals surface area (Å²) in [5.74, 6) is -1.27. The maximum atomic E-state index is 14.0. The topological polar surface area (TPSA) is 115 Å². The first-order valence-corrected chi connectivity index (χ1v) is 11.9. The van der Waals surface area contributed by atoms with E-state index in [4.69, 9.17) is 9.47 Å². The Labute approximate surface area is 209 Å². The fraction of sp³-hybridized carbons (Fsp3) is 0.0952. The maximum absolute atomic E-state index is 14.0. The van der Waals surface area contributed by atoms with E-state index in [1.54, 1.807) is 17.5 Å². The van der Waals surface area contributed by atoms with Gasteiger partial charge in [0.2, 0.25) is 5.88 Å². The molecule has 35 heavy (non-hydrogen) atoms. The number of hydrogen-bond acceptors (Lipinski definition) is 9. The first-order valence-electron chi connectivity index (χ1n) is 9.55. The Morgan fingerprint density at radius 2 is 1.69 bits per heavy atom. The molecule has 2 heterocycles. The summed E-state index contributed by atoms with van der Waals surface area (Å²) in [6, 6.07) is 10.4. The Morgan fingerprint density at radius 1 is 0.943 bits per heavy atom. The third-order valence-corrected chi connectivity index (χ3v) is 6.57. The molecule has 2 aromatic heterocycles. The molecule has 0 aliphatic carbocycles. The van der Waals surface area contributed by atoms with Crippen LogP contribution in [0.15, 0.2) is 58.8 Å². The van der Waals surface area contributed by atoms with Crippen LogP contribution in [0.25, 0.3) is 11.3 Å². The average Bonchev–Trinajstić information content (AvgIpc) is 3.26. The van der Waals surface area contributed by atoms with Crippen LogP contribution in [-0.4, -0.2) is 37.6 Å². The van der Waals surface area contributed by atoms with E-state index in [0.717, 1.165) is 12.1 Å². The molecular formula is C21H18ClF2N5O4S2. The van der Waals surface area contributed by atoms with Crippen LogP contribution >= 0.6 is 23.7 Å². The molecule has 0 spiro atoms. The molecule has 0 radical (unpaired) electrons. The molecule has 184 valence electrons. The number of nitrogens with one attached hydrogen (secondary N) is 2. The number of hydrogen-bond donors (Lipinski definition) is 2. The number of methoxy groups -OCH3 is 2. The van der Waals surface area contributed by atoms with Crippen LogP contribution in [0, 0.1) is 11.6 Å². The predicted molar refractivity (Wildman–Crippen MR) is 130 cm³/mol. The molecule has 2 aromatic carbocycles. The Balaban J connectivity index is 0.00000342. The Morgan fingerprint density at radius 3 is 2.34 bits per heavy atom. The summed E-state index contributed by atoms with van der Waals surface area (Å²) >= 11 is 1.22. The van der Waals surface area contributed by atoms with Crippen LogP contribution in [0.1, 0.15) is 0 Å². The van der Waals surface area contributed by atoms with Crippen molar-refractivity contribution in [2.75, 3.05) is 24.3 Å². The lowest BCUT2D eigenvalue weighted by Gasteiger charge is -2.10. The quantitative estimate of drug-likeness (QED) is 0.325. The molecule has 14 heteroatoms. The van der Waals surface area contributed by atoms with Gasteiger partial charge in [-0.3, -0.25) is 4.72 Å². The highest BCUT2D eigenvalue weighted by Gasteiger charge is 2.17. The van der Waals surface area contributed by atoms with Gasteiger partial charge in [-0.15, -0.1) is 23.7 Å². The van der Waals surface area contributed by atoms with Gasteiger partial charge in [0.25, 0.3) is 10.0 Å². The molecule has 0 saturated carbocycles. The number of sulfonamides is 1. The van der Waals surface area contributed by atoms with Crippen molar-refractivity contribution in [1.29, 1.82) is 0 Å². The zero-order valence-electron chi connectivity index (χ0n) is 18.2. The predicted octanol–water partition coefficient (Wildman–Crippen LogP) is 4.86. The molecule has 0 fully saturated rings. The van der Waals surface area contributed by atoms with Crippen LogP contribution < -0.4 is 19.5 Å². The highest BCUT2D eigenvalue weighted by molar-refractivity contribution is 7.92. The van der Waals surface area contributed by atoms with E-state index < -0.39 is 21.7 Å². The van der Waals surface area contributed by atoms with Crippen molar-refractivity contribution in [2.45, 2.75) is 4.90 Å². The van der Waals surface area contributed by atoms with Gasteiger partial charge in [0.1, 0.15) is 11.6 Å². The van der Waals surface area contributed by atoms with Gasteiger partial charge in [-0.05, 0) is 36.4 Å². The molecule has 0 atom stereocenters. The van der Waals surface area contributed by atoms with Gasteiger partial charge in [-0.1, -0.05) is 0 Å². The smallest absolute Gasteiger partial charge is 0.321 e. The fourth-order valence-electron chi connectivity index (χ4n) is 2.84. The molecule has 0 saturated heterocycles. The second-order valence-electron chi connectivity index (χ2n) is 6.70. The van der Waals surface area contributed by atoms with Gasteiger partial charge in [0.15, 0.2) is 10.9 Å². The minimum absolute atomic E-state index is 0. The second-order valence-corrected chi connectivity index (χ2v) is 9.24. The number of ether oxygens (including phenoxy) is 2. The van der Waals surface area contributed by atoms with Gasteiger partial charge in [0, 0.05) is 28.8 Å². The van der Waals surface area contributed by atoms with Gasteiger partial charge >= 0.3 is 6.01 Å². The van der Waals surface area contributed by atoms with Crippen molar-refractivity contribution in [3.63, 3.8) is 0 Å². The second kappa shape index (κ2) is 10.8. The number of nitrogens with zero attached hydrogens (tertiary/aromatic N) is 3. The number of halogens is 3. The SMILES string of the molecule is COc1cc(NS(=O)(=O)c2ccc(Nc3nc(-c4ccc(F)cc4F)cs3)cc2)nc(OC)n1.Cl. The standard InChI is InChI=1S/C21H17F2N5O4S2.ClH/c1-31-19-10-18(26-20(27-19)32-2)28-34(29,30)14-6-4-13(5-7-14)24-21-25-17(11-33-21)15-8-3-12(22)9-16(15)23;/h3-11H,1-2H3,(H,24,25)(H,26,27,28);1H. The molecule has 0 amide bonds. The van der Waals surface area contributed by atoms with E-state index in [1.165, 1.54) is 49.8 Å². The average molecular weight is 542 g/mol. The van der Waals surface area contributed by atoms with Gasteiger partial charge in [-0.25, -0.2) is 22.2 Å². The Kier molecular flexibility index (Phi) is 8.04. The first-order chi connectivity index (χ1) is 16.3. The minimum atomic E-state index is -3.96. The molecule has 0 bridgehead atoms. The van der Waals surface area contributed by atoms with Crippen molar-refractivity contribution >= 4 is 50.4 Å². The van der Waals surface area contributed by atoms with Crippen molar-refractivity contribution in [3.8, 4) is 23.1 Å². The first kappa shape index (κ1) is 26.1. The molecular weight excluding hydrogens is 524 g/mol. The van der Waals surface area contributed by atoms with Gasteiger partial charge < -0.3 is 14.8 Å². The number of anilines is 3. The van der Waals surface area contributed by atoms with Crippen molar-refractivity contribution in [3.05, 3.63) is 65.5 Å². The largest absolute Gasteiger partial charge is 0.481 e. The van der Waals surface area contributed by atoms with E-state index in [-0.39, 0.29) is 40.6 Å². The monoisotopic (exact) mass is 541 g/mol. The summed E-state index contributed by atoms with van der Waals surface area (Å²) in [4.78, 5) is 12.2. The summed E-state index contributed by atoms with van der Waals surface area (Å²) in [5, 5.41) is 5.11. The number of thiazole rings is 1. The normalized spacial score (nSPS) is 10.9. The summed E-state index contributed by atoms with van der Waals surface area (Å²) < 4.78 is 64.9. The zero-order valence-corrected chi connectivity index (χ0v) is 20.6. The van der Waals surface area contributed by atoms with Gasteiger partial charge in [-0.2, -0.15) is 9.97 Å². The third-order valence-electron chi connectivity index (χ3n) is 4.44. The third kappa shape index (κ3) is 6.12. The molecule has 0 unspecified atom stereocenters. The van der Waals surface area contributed by atoms with E-state index in [9.17, 15) is 17.2 Å². The van der Waals surface area contributed by atoms with E-state index >= 15 is 0 Å². The number of aromatic nitrogens is 3. The lowest BCUT2D eigenvalue weighted by molar-refractivity contribution is 0.353. The van der Waals surface area contributed by atoms with Crippen LogP contribution in [0.5, 0.6) is 11.9 Å². The molecule has 0 aliphatic heterocycles. The number of rotatable bonds is 8. The summed E-state index contributed by atoms with van der Waals surface area (Å²) in [6.07, 6.45) is 0. The van der Waals surface area contributed by atoms with Crippen LogP contribution in [0.4, 0.5) is 25.4 Å². The fourth-order valence-corrected chi connectivity index (χ4v) is 4.56. The van der Waals surface area contributed by atoms with E-state index in [2.05, 4.69) is 25.0 Å². The van der Waals surface area contributed by atoms with E-state index in [1.807, 2.05) is 0 Å². The molecule has 9 nitrogen and oxygen atoms in total. The van der Waals surface area contributed by atoms with Crippen molar-refractivity contribution < 1.29 is 26.7 Å².